The van der Waals surface area contributed by atoms with Gasteiger partial charge in [0.15, 0.2) is 4.90 Å². The predicted octanol–water partition coefficient (Wildman–Crippen LogP) is 6.41. The van der Waals surface area contributed by atoms with Gasteiger partial charge < -0.3 is 8.97 Å². The molecule has 1 heterocycles. The van der Waals surface area contributed by atoms with Crippen LogP contribution in [-0.2, 0) is 11.2 Å². The van der Waals surface area contributed by atoms with Gasteiger partial charge in [0.05, 0.1) is 5.02 Å². The lowest BCUT2D eigenvalue weighted by Gasteiger charge is -2.13. The zero-order chi connectivity index (χ0) is 16.8. The highest BCUT2D eigenvalue weighted by Crippen LogP contribution is 2.41. The Labute approximate surface area is 155 Å². The second kappa shape index (κ2) is 6.12. The van der Waals surface area contributed by atoms with Gasteiger partial charge in [-0.1, -0.05) is 63.9 Å². The molecule has 0 bridgehead atoms. The minimum absolute atomic E-state index is 0.480. The van der Waals surface area contributed by atoms with Crippen molar-refractivity contribution in [3.63, 3.8) is 0 Å². The van der Waals surface area contributed by atoms with E-state index in [2.05, 4.69) is 15.9 Å². The minimum Gasteiger partial charge on any atom is -0.612 e. The second-order valence-corrected chi connectivity index (χ2v) is 8.14. The molecule has 0 radical (unpaired) electrons. The van der Waals surface area contributed by atoms with E-state index in [1.54, 1.807) is 12.3 Å². The number of furan rings is 1. The van der Waals surface area contributed by atoms with Crippen molar-refractivity contribution in [2.45, 2.75) is 4.90 Å². The van der Waals surface area contributed by atoms with Crippen LogP contribution in [0.15, 0.2) is 68.4 Å². The van der Waals surface area contributed by atoms with Crippen LogP contribution < -0.4 is 0 Å². The molecule has 1 aromatic heterocycles. The maximum Gasteiger partial charge on any atom is 0.179 e. The summed E-state index contributed by atoms with van der Waals surface area (Å²) in [5.74, 6) is 0. The molecule has 0 aliphatic rings. The number of benzene rings is 3. The van der Waals surface area contributed by atoms with Crippen molar-refractivity contribution in [1.82, 2.24) is 0 Å². The molecular formula is C19H12BrClO2S. The van der Waals surface area contributed by atoms with E-state index in [-0.39, 0.29) is 0 Å². The van der Waals surface area contributed by atoms with E-state index < -0.39 is 11.2 Å². The molecule has 0 saturated carbocycles. The number of halogens is 2. The van der Waals surface area contributed by atoms with Crippen molar-refractivity contribution in [3.8, 4) is 11.1 Å². The van der Waals surface area contributed by atoms with Crippen molar-refractivity contribution in [1.29, 1.82) is 0 Å². The molecular weight excluding hydrogens is 408 g/mol. The molecule has 24 heavy (non-hydrogen) atoms. The van der Waals surface area contributed by atoms with Gasteiger partial charge in [0.2, 0.25) is 0 Å². The Balaban J connectivity index is 2.11. The molecule has 0 saturated heterocycles. The highest BCUT2D eigenvalue weighted by atomic mass is 79.9. The minimum atomic E-state index is -1.22. The monoisotopic (exact) mass is 418 g/mol. The van der Waals surface area contributed by atoms with Crippen LogP contribution >= 0.6 is 27.5 Å². The Kier molecular flexibility index (Phi) is 4.09. The van der Waals surface area contributed by atoms with Crippen LogP contribution in [0.1, 0.15) is 0 Å². The van der Waals surface area contributed by atoms with Gasteiger partial charge in [-0.2, -0.15) is 0 Å². The Hall–Kier alpha value is -1.46. The van der Waals surface area contributed by atoms with Gasteiger partial charge in [0, 0.05) is 26.4 Å². The third-order valence-electron chi connectivity index (χ3n) is 3.99. The number of fused-ring (bicyclic) bond motifs is 3. The summed E-state index contributed by atoms with van der Waals surface area (Å²) in [6.45, 7) is 0. The molecule has 1 atom stereocenters. The molecule has 0 spiro atoms. The Morgan fingerprint density at radius 3 is 2.54 bits per heavy atom. The smallest absolute Gasteiger partial charge is 0.179 e. The van der Waals surface area contributed by atoms with Crippen LogP contribution in [0, 0.1) is 0 Å². The van der Waals surface area contributed by atoms with E-state index in [1.807, 2.05) is 48.5 Å². The van der Waals surface area contributed by atoms with Crippen molar-refractivity contribution < 1.29 is 8.97 Å². The fourth-order valence-corrected chi connectivity index (χ4v) is 4.96. The average molecular weight is 420 g/mol. The van der Waals surface area contributed by atoms with E-state index in [1.165, 1.54) is 0 Å². The van der Waals surface area contributed by atoms with Gasteiger partial charge in [0.1, 0.15) is 17.4 Å². The van der Waals surface area contributed by atoms with Crippen molar-refractivity contribution >= 4 is 60.6 Å². The summed E-state index contributed by atoms with van der Waals surface area (Å²) >= 11 is 8.62. The predicted molar refractivity (Wildman–Crippen MR) is 104 cm³/mol. The molecule has 4 aromatic rings. The SMILES string of the molecule is C[S+]([O-])c1c(Cl)cc(Br)cc1-c1cccc2c1oc1ccccc12. The van der Waals surface area contributed by atoms with E-state index in [0.717, 1.165) is 37.5 Å². The maximum atomic E-state index is 12.3. The molecule has 0 amide bonds. The van der Waals surface area contributed by atoms with Crippen LogP contribution in [0.2, 0.25) is 5.02 Å². The van der Waals surface area contributed by atoms with Gasteiger partial charge in [-0.3, -0.25) is 0 Å². The zero-order valence-electron chi connectivity index (χ0n) is 12.7. The normalized spacial score (nSPS) is 12.8. The molecule has 0 aliphatic heterocycles. The molecule has 0 fully saturated rings. The van der Waals surface area contributed by atoms with Crippen LogP contribution in [0.3, 0.4) is 0 Å². The van der Waals surface area contributed by atoms with Crippen molar-refractivity contribution in [2.24, 2.45) is 0 Å². The molecule has 4 rings (SSSR count). The summed E-state index contributed by atoms with van der Waals surface area (Å²) in [6.07, 6.45) is 1.64. The summed E-state index contributed by atoms with van der Waals surface area (Å²) in [7, 11) is 0. The van der Waals surface area contributed by atoms with E-state index >= 15 is 0 Å². The number of para-hydroxylation sites is 2. The first kappa shape index (κ1) is 16.0. The Bertz CT molecular complexity index is 1070. The molecule has 1 unspecified atom stereocenters. The summed E-state index contributed by atoms with van der Waals surface area (Å²) in [5.41, 5.74) is 3.32. The lowest BCUT2D eigenvalue weighted by molar-refractivity contribution is 0.601. The quantitative estimate of drug-likeness (QED) is 0.352. The Morgan fingerprint density at radius 2 is 1.75 bits per heavy atom. The van der Waals surface area contributed by atoms with Crippen molar-refractivity contribution in [3.05, 3.63) is 64.1 Å². The first-order valence-electron chi connectivity index (χ1n) is 7.29. The molecule has 0 N–H and O–H groups in total. The van der Waals surface area contributed by atoms with Gasteiger partial charge in [-0.15, -0.1) is 0 Å². The lowest BCUT2D eigenvalue weighted by atomic mass is 10.0. The molecule has 2 nitrogen and oxygen atoms in total. The molecule has 3 aromatic carbocycles. The van der Waals surface area contributed by atoms with Gasteiger partial charge in [0.25, 0.3) is 0 Å². The summed E-state index contributed by atoms with van der Waals surface area (Å²) < 4.78 is 19.2. The topological polar surface area (TPSA) is 36.2 Å². The fraction of sp³-hybridized carbons (Fsp3) is 0.0526. The summed E-state index contributed by atoms with van der Waals surface area (Å²) in [6, 6.07) is 17.6. The average Bonchev–Trinajstić information content (AvgIpc) is 2.92. The molecule has 120 valence electrons. The number of rotatable bonds is 2. The second-order valence-electron chi connectivity index (χ2n) is 5.50. The van der Waals surface area contributed by atoms with Crippen LogP contribution in [0.4, 0.5) is 0 Å². The van der Waals surface area contributed by atoms with Crippen molar-refractivity contribution in [2.75, 3.05) is 6.26 Å². The third-order valence-corrected chi connectivity index (χ3v) is 5.87. The zero-order valence-corrected chi connectivity index (χ0v) is 15.8. The van der Waals surface area contributed by atoms with Crippen LogP contribution in [0.25, 0.3) is 33.1 Å². The number of hydrogen-bond acceptors (Lipinski definition) is 2. The van der Waals surface area contributed by atoms with Gasteiger partial charge >= 0.3 is 0 Å². The summed E-state index contributed by atoms with van der Waals surface area (Å²) in [4.78, 5) is 0.618. The first-order chi connectivity index (χ1) is 11.6. The molecule has 5 heteroatoms. The lowest BCUT2D eigenvalue weighted by Crippen LogP contribution is -2.01. The fourth-order valence-electron chi connectivity index (χ4n) is 3.01. The molecule has 0 aliphatic carbocycles. The van der Waals surface area contributed by atoms with Crippen LogP contribution in [-0.4, -0.2) is 10.8 Å². The summed E-state index contributed by atoms with van der Waals surface area (Å²) in [5, 5.41) is 2.58. The van der Waals surface area contributed by atoms with Gasteiger partial charge in [-0.05, 0) is 29.4 Å². The highest BCUT2D eigenvalue weighted by molar-refractivity contribution is 9.10. The van der Waals surface area contributed by atoms with Crippen LogP contribution in [0.5, 0.6) is 0 Å². The standard InChI is InChI=1S/C19H12BrClO2S/c1-24(22)19-15(9-11(20)10-16(19)21)14-7-4-6-13-12-5-2-3-8-17(12)23-18(13)14/h2-10H,1H3. The Morgan fingerprint density at radius 1 is 1.00 bits per heavy atom. The largest absolute Gasteiger partial charge is 0.612 e. The van der Waals surface area contributed by atoms with Gasteiger partial charge in [-0.25, -0.2) is 0 Å². The van der Waals surface area contributed by atoms with E-state index in [4.69, 9.17) is 16.0 Å². The third kappa shape index (κ3) is 2.54. The van der Waals surface area contributed by atoms with E-state index in [0.29, 0.717) is 9.92 Å². The number of hydrogen-bond donors (Lipinski definition) is 0. The highest BCUT2D eigenvalue weighted by Gasteiger charge is 2.22. The first-order valence-corrected chi connectivity index (χ1v) is 10.0. The van der Waals surface area contributed by atoms with E-state index in [9.17, 15) is 4.55 Å². The maximum absolute atomic E-state index is 12.3.